The lowest BCUT2D eigenvalue weighted by Crippen LogP contribution is -2.34. The lowest BCUT2D eigenvalue weighted by molar-refractivity contribution is 0.0365. The molecule has 1 aromatic carbocycles. The number of amides is 1. The number of ether oxygens (including phenoxy) is 1. The van der Waals surface area contributed by atoms with Gasteiger partial charge in [-0.3, -0.25) is 4.90 Å². The van der Waals surface area contributed by atoms with E-state index in [4.69, 9.17) is 27.9 Å². The second kappa shape index (κ2) is 6.26. The van der Waals surface area contributed by atoms with Crippen molar-refractivity contribution in [1.29, 1.82) is 0 Å². The predicted octanol–water partition coefficient (Wildman–Crippen LogP) is 5.52. The Bertz CT molecular complexity index is 841. The van der Waals surface area contributed by atoms with Crippen LogP contribution in [0.5, 0.6) is 0 Å². The van der Waals surface area contributed by atoms with Crippen molar-refractivity contribution in [2.75, 3.05) is 6.54 Å². The highest BCUT2D eigenvalue weighted by atomic mass is 35.5. The predicted molar refractivity (Wildman–Crippen MR) is 97.3 cm³/mol. The lowest BCUT2D eigenvalue weighted by atomic mass is 10.0. The number of fused-ring (bicyclic) bond motifs is 1. The highest BCUT2D eigenvalue weighted by molar-refractivity contribution is 6.36. The zero-order chi connectivity index (χ0) is 17.5. The summed E-state index contributed by atoms with van der Waals surface area (Å²) >= 11 is 12.3. The van der Waals surface area contributed by atoms with Gasteiger partial charge in [-0.2, -0.15) is 0 Å². The number of benzene rings is 1. The number of rotatable bonds is 1. The molecule has 3 rings (SSSR count). The summed E-state index contributed by atoms with van der Waals surface area (Å²) in [7, 11) is 0. The molecule has 24 heavy (non-hydrogen) atoms. The molecule has 0 radical (unpaired) electrons. The van der Waals surface area contributed by atoms with Crippen molar-refractivity contribution in [3.8, 4) is 0 Å². The molecule has 0 spiro atoms. The topological polar surface area (TPSA) is 42.4 Å². The van der Waals surface area contributed by atoms with Crippen molar-refractivity contribution in [2.45, 2.75) is 32.8 Å². The van der Waals surface area contributed by atoms with Gasteiger partial charge in [0.15, 0.2) is 0 Å². The molecule has 1 aromatic heterocycles. The van der Waals surface area contributed by atoms with Gasteiger partial charge < -0.3 is 4.74 Å². The summed E-state index contributed by atoms with van der Waals surface area (Å²) in [6.07, 6.45) is 4.10. The largest absolute Gasteiger partial charge is 0.443 e. The van der Waals surface area contributed by atoms with Crippen LogP contribution < -0.4 is 0 Å². The average molecular weight is 365 g/mol. The fourth-order valence-electron chi connectivity index (χ4n) is 2.73. The first-order valence-corrected chi connectivity index (χ1v) is 8.47. The summed E-state index contributed by atoms with van der Waals surface area (Å²) < 4.78 is 5.51. The number of nitrogens with zero attached hydrogens (tertiary/aromatic N) is 2. The molecule has 1 amide bonds. The van der Waals surface area contributed by atoms with E-state index in [1.54, 1.807) is 23.2 Å². The molecular weight excluding hydrogens is 347 g/mol. The molecule has 1 aliphatic heterocycles. The lowest BCUT2D eigenvalue weighted by Gasteiger charge is -2.26. The molecule has 1 aliphatic rings. The molecule has 0 fully saturated rings. The molecule has 2 heterocycles. The summed E-state index contributed by atoms with van der Waals surface area (Å²) in [6.45, 7) is 6.15. The standard InChI is InChI=1S/C18H18Cl2N2O2/c1-18(2,3)24-17(23)22-8-4-5-15(22)11-6-7-14(19)13-10-21-16(20)9-12(11)13/h5-7,9-10H,4,8H2,1-3H3. The van der Waals surface area contributed by atoms with Crippen molar-refractivity contribution in [1.82, 2.24) is 9.88 Å². The van der Waals surface area contributed by atoms with E-state index < -0.39 is 5.60 Å². The van der Waals surface area contributed by atoms with Gasteiger partial charge in [-0.15, -0.1) is 0 Å². The van der Waals surface area contributed by atoms with Gasteiger partial charge in [-0.05, 0) is 44.7 Å². The molecule has 0 bridgehead atoms. The Balaban J connectivity index is 2.05. The molecule has 0 atom stereocenters. The third kappa shape index (κ3) is 3.35. The first-order valence-electron chi connectivity index (χ1n) is 7.71. The van der Waals surface area contributed by atoms with Gasteiger partial charge in [0.25, 0.3) is 0 Å². The van der Waals surface area contributed by atoms with E-state index in [-0.39, 0.29) is 6.09 Å². The van der Waals surface area contributed by atoms with Gasteiger partial charge in [0.1, 0.15) is 10.8 Å². The van der Waals surface area contributed by atoms with Crippen LogP contribution in [-0.4, -0.2) is 28.1 Å². The van der Waals surface area contributed by atoms with Crippen LogP contribution in [0.15, 0.2) is 30.5 Å². The second-order valence-electron chi connectivity index (χ2n) is 6.66. The molecule has 0 aliphatic carbocycles. The quantitative estimate of drug-likeness (QED) is 0.625. The van der Waals surface area contributed by atoms with Crippen molar-refractivity contribution in [3.63, 3.8) is 0 Å². The van der Waals surface area contributed by atoms with Gasteiger partial charge in [-0.25, -0.2) is 9.78 Å². The molecule has 4 nitrogen and oxygen atoms in total. The minimum atomic E-state index is -0.542. The summed E-state index contributed by atoms with van der Waals surface area (Å²) in [5, 5.41) is 2.65. The Hall–Kier alpha value is -1.78. The van der Waals surface area contributed by atoms with Crippen LogP contribution in [0, 0.1) is 0 Å². The normalized spacial score (nSPS) is 14.9. The van der Waals surface area contributed by atoms with Crippen LogP contribution in [0.3, 0.4) is 0 Å². The summed E-state index contributed by atoms with van der Waals surface area (Å²) in [5.41, 5.74) is 1.16. The third-order valence-corrected chi connectivity index (χ3v) is 4.22. The number of pyridine rings is 1. The summed E-state index contributed by atoms with van der Waals surface area (Å²) in [4.78, 5) is 18.3. The van der Waals surface area contributed by atoms with E-state index in [1.807, 2.05) is 32.9 Å². The van der Waals surface area contributed by atoms with Gasteiger partial charge in [0.2, 0.25) is 0 Å². The van der Waals surface area contributed by atoms with Gasteiger partial charge in [0, 0.05) is 28.7 Å². The first-order chi connectivity index (χ1) is 11.3. The number of carbonyl (C=O) groups excluding carboxylic acids is 1. The smallest absolute Gasteiger partial charge is 0.414 e. The van der Waals surface area contributed by atoms with E-state index in [9.17, 15) is 4.79 Å². The van der Waals surface area contributed by atoms with Gasteiger partial charge in [0.05, 0.1) is 5.70 Å². The van der Waals surface area contributed by atoms with Crippen LogP contribution in [0.2, 0.25) is 10.2 Å². The maximum atomic E-state index is 12.5. The number of aromatic nitrogens is 1. The minimum Gasteiger partial charge on any atom is -0.443 e. The van der Waals surface area contributed by atoms with Crippen molar-refractivity contribution >= 4 is 45.8 Å². The van der Waals surface area contributed by atoms with E-state index in [0.29, 0.717) is 16.7 Å². The Labute approximate surface area is 151 Å². The Morgan fingerprint density at radius 1 is 1.25 bits per heavy atom. The highest BCUT2D eigenvalue weighted by Crippen LogP contribution is 2.35. The fourth-order valence-corrected chi connectivity index (χ4v) is 3.10. The van der Waals surface area contributed by atoms with Gasteiger partial charge >= 0.3 is 6.09 Å². The molecular formula is C18H18Cl2N2O2. The minimum absolute atomic E-state index is 0.352. The summed E-state index contributed by atoms with van der Waals surface area (Å²) in [6, 6.07) is 5.47. The Morgan fingerprint density at radius 3 is 2.71 bits per heavy atom. The number of hydrogen-bond donors (Lipinski definition) is 0. The second-order valence-corrected chi connectivity index (χ2v) is 7.45. The van der Waals surface area contributed by atoms with Crippen LogP contribution in [0.1, 0.15) is 32.8 Å². The number of halogens is 2. The zero-order valence-electron chi connectivity index (χ0n) is 13.8. The van der Waals surface area contributed by atoms with E-state index >= 15 is 0 Å². The maximum Gasteiger partial charge on any atom is 0.414 e. The molecule has 0 saturated heterocycles. The molecule has 0 saturated carbocycles. The molecule has 6 heteroatoms. The number of hydrogen-bond acceptors (Lipinski definition) is 3. The van der Waals surface area contributed by atoms with Crippen molar-refractivity contribution in [3.05, 3.63) is 46.2 Å². The van der Waals surface area contributed by atoms with Crippen LogP contribution in [0.4, 0.5) is 4.79 Å². The molecule has 126 valence electrons. The number of carbonyl (C=O) groups is 1. The van der Waals surface area contributed by atoms with Crippen LogP contribution in [-0.2, 0) is 4.74 Å². The monoisotopic (exact) mass is 364 g/mol. The van der Waals surface area contributed by atoms with Gasteiger partial charge in [-0.1, -0.05) is 35.3 Å². The van der Waals surface area contributed by atoms with Crippen molar-refractivity contribution < 1.29 is 9.53 Å². The summed E-state index contributed by atoms with van der Waals surface area (Å²) in [5.74, 6) is 0. The van der Waals surface area contributed by atoms with Crippen molar-refractivity contribution in [2.24, 2.45) is 0 Å². The SMILES string of the molecule is CC(C)(C)OC(=O)N1CCC=C1c1ccc(Cl)c2cnc(Cl)cc12. The van der Waals surface area contributed by atoms with Crippen LogP contribution >= 0.6 is 23.2 Å². The average Bonchev–Trinajstić information content (AvgIpc) is 2.95. The molecule has 0 N–H and O–H groups in total. The van der Waals surface area contributed by atoms with E-state index in [1.165, 1.54) is 0 Å². The molecule has 2 aromatic rings. The fraction of sp³-hybridized carbons (Fsp3) is 0.333. The molecule has 0 unspecified atom stereocenters. The Morgan fingerprint density at radius 2 is 2.00 bits per heavy atom. The maximum absolute atomic E-state index is 12.5. The van der Waals surface area contributed by atoms with E-state index in [0.717, 1.165) is 28.5 Å². The zero-order valence-corrected chi connectivity index (χ0v) is 15.3. The van der Waals surface area contributed by atoms with Crippen LogP contribution in [0.25, 0.3) is 16.5 Å². The third-order valence-electron chi connectivity index (χ3n) is 3.69. The van der Waals surface area contributed by atoms with E-state index in [2.05, 4.69) is 4.98 Å². The first kappa shape index (κ1) is 17.1. The Kier molecular flexibility index (Phi) is 4.45. The highest BCUT2D eigenvalue weighted by Gasteiger charge is 2.28.